The molecule has 0 aromatic heterocycles. The highest BCUT2D eigenvalue weighted by Gasteiger charge is 2.18. The van der Waals surface area contributed by atoms with E-state index in [0.29, 0.717) is 10.6 Å². The SMILES string of the molecule is CC(C)(C)OC(=O)c1ccc(CCBr)c(Cl)c1. The first kappa shape index (κ1) is 14.5. The number of carbonyl (C=O) groups excluding carboxylic acids is 1. The molecule has 17 heavy (non-hydrogen) atoms. The summed E-state index contributed by atoms with van der Waals surface area (Å²) in [5.41, 5.74) is 1.03. The first-order chi connectivity index (χ1) is 7.83. The van der Waals surface area contributed by atoms with E-state index in [2.05, 4.69) is 15.9 Å². The van der Waals surface area contributed by atoms with Crippen LogP contribution in [0.5, 0.6) is 0 Å². The second-order valence-electron chi connectivity index (χ2n) is 4.75. The van der Waals surface area contributed by atoms with Crippen molar-refractivity contribution in [3.05, 3.63) is 34.3 Å². The van der Waals surface area contributed by atoms with Crippen molar-refractivity contribution in [3.63, 3.8) is 0 Å². The lowest BCUT2D eigenvalue weighted by molar-refractivity contribution is 0.00695. The number of rotatable bonds is 3. The lowest BCUT2D eigenvalue weighted by atomic mass is 10.1. The number of alkyl halides is 1. The van der Waals surface area contributed by atoms with E-state index in [1.807, 2.05) is 26.8 Å². The molecule has 0 aliphatic rings. The van der Waals surface area contributed by atoms with Gasteiger partial charge in [-0.3, -0.25) is 0 Å². The van der Waals surface area contributed by atoms with Gasteiger partial charge in [0.25, 0.3) is 0 Å². The Bertz CT molecular complexity index is 410. The van der Waals surface area contributed by atoms with Crippen LogP contribution in [0, 0.1) is 0 Å². The smallest absolute Gasteiger partial charge is 0.338 e. The summed E-state index contributed by atoms with van der Waals surface area (Å²) in [7, 11) is 0. The number of aryl methyl sites for hydroxylation is 1. The number of carbonyl (C=O) groups is 1. The van der Waals surface area contributed by atoms with Crippen LogP contribution in [0.4, 0.5) is 0 Å². The predicted molar refractivity (Wildman–Crippen MR) is 74.1 cm³/mol. The number of halogens is 2. The summed E-state index contributed by atoms with van der Waals surface area (Å²) < 4.78 is 5.27. The van der Waals surface area contributed by atoms with Crippen molar-refractivity contribution in [2.75, 3.05) is 5.33 Å². The van der Waals surface area contributed by atoms with Gasteiger partial charge in [0.15, 0.2) is 0 Å². The highest BCUT2D eigenvalue weighted by molar-refractivity contribution is 9.09. The van der Waals surface area contributed by atoms with Gasteiger partial charge in [0.1, 0.15) is 5.60 Å². The molecule has 0 spiro atoms. The van der Waals surface area contributed by atoms with E-state index in [1.165, 1.54) is 0 Å². The van der Waals surface area contributed by atoms with E-state index in [-0.39, 0.29) is 5.97 Å². The maximum Gasteiger partial charge on any atom is 0.338 e. The van der Waals surface area contributed by atoms with E-state index < -0.39 is 5.60 Å². The fourth-order valence-electron chi connectivity index (χ4n) is 1.32. The molecule has 0 aliphatic carbocycles. The van der Waals surface area contributed by atoms with Crippen LogP contribution in [0.25, 0.3) is 0 Å². The van der Waals surface area contributed by atoms with Crippen LogP contribution >= 0.6 is 27.5 Å². The van der Waals surface area contributed by atoms with Crippen molar-refractivity contribution in [1.82, 2.24) is 0 Å². The average molecular weight is 320 g/mol. The first-order valence-electron chi connectivity index (χ1n) is 5.41. The van der Waals surface area contributed by atoms with Crippen LogP contribution in [0.3, 0.4) is 0 Å². The zero-order chi connectivity index (χ0) is 13.1. The van der Waals surface area contributed by atoms with Gasteiger partial charge in [-0.25, -0.2) is 4.79 Å². The molecule has 4 heteroatoms. The fourth-order valence-corrected chi connectivity index (χ4v) is 2.02. The third kappa shape index (κ3) is 4.68. The Morgan fingerprint density at radius 3 is 2.53 bits per heavy atom. The predicted octanol–water partition coefficient (Wildman–Crippen LogP) is 4.23. The molecule has 1 aromatic rings. The molecule has 0 amide bonds. The molecule has 0 radical (unpaired) electrons. The number of hydrogen-bond donors (Lipinski definition) is 0. The second kappa shape index (κ2) is 5.87. The van der Waals surface area contributed by atoms with Crippen LogP contribution in [-0.2, 0) is 11.2 Å². The molecule has 0 heterocycles. The fraction of sp³-hybridized carbons (Fsp3) is 0.462. The molecule has 0 atom stereocenters. The quantitative estimate of drug-likeness (QED) is 0.615. The van der Waals surface area contributed by atoms with Crippen LogP contribution in [0.1, 0.15) is 36.7 Å². The lowest BCUT2D eigenvalue weighted by Gasteiger charge is -2.19. The molecule has 0 saturated carbocycles. The maximum atomic E-state index is 11.8. The normalized spacial score (nSPS) is 11.4. The number of benzene rings is 1. The molecule has 0 bridgehead atoms. The van der Waals surface area contributed by atoms with E-state index in [1.54, 1.807) is 12.1 Å². The molecule has 0 saturated heterocycles. The van der Waals surface area contributed by atoms with Crippen molar-refractivity contribution >= 4 is 33.5 Å². The summed E-state index contributed by atoms with van der Waals surface area (Å²) >= 11 is 9.45. The van der Waals surface area contributed by atoms with Gasteiger partial charge in [-0.2, -0.15) is 0 Å². The third-order valence-corrected chi connectivity index (χ3v) is 2.80. The summed E-state index contributed by atoms with van der Waals surface area (Å²) in [5, 5.41) is 1.45. The summed E-state index contributed by atoms with van der Waals surface area (Å²) in [6.45, 7) is 5.52. The standard InChI is InChI=1S/C13H16BrClO2/c1-13(2,3)17-12(16)10-5-4-9(6-7-14)11(15)8-10/h4-5,8H,6-7H2,1-3H3. The Morgan fingerprint density at radius 1 is 1.41 bits per heavy atom. The van der Waals surface area contributed by atoms with Gasteiger partial charge in [-0.1, -0.05) is 33.6 Å². The molecule has 1 rings (SSSR count). The highest BCUT2D eigenvalue weighted by Crippen LogP contribution is 2.21. The van der Waals surface area contributed by atoms with Gasteiger partial charge in [0.2, 0.25) is 0 Å². The van der Waals surface area contributed by atoms with Crippen molar-refractivity contribution in [1.29, 1.82) is 0 Å². The molecule has 1 aromatic carbocycles. The summed E-state index contributed by atoms with van der Waals surface area (Å²) in [6.07, 6.45) is 0.841. The van der Waals surface area contributed by atoms with E-state index in [4.69, 9.17) is 16.3 Å². The van der Waals surface area contributed by atoms with Crippen LogP contribution in [0.15, 0.2) is 18.2 Å². The van der Waals surface area contributed by atoms with Gasteiger partial charge in [0.05, 0.1) is 5.56 Å². The van der Waals surface area contributed by atoms with Crippen LogP contribution in [-0.4, -0.2) is 16.9 Å². The third-order valence-electron chi connectivity index (χ3n) is 2.05. The molecule has 0 fully saturated rings. The second-order valence-corrected chi connectivity index (χ2v) is 5.95. The van der Waals surface area contributed by atoms with Crippen molar-refractivity contribution in [2.24, 2.45) is 0 Å². The van der Waals surface area contributed by atoms with Crippen LogP contribution in [0.2, 0.25) is 5.02 Å². The van der Waals surface area contributed by atoms with Gasteiger partial charge in [0, 0.05) is 10.4 Å². The topological polar surface area (TPSA) is 26.3 Å². The largest absolute Gasteiger partial charge is 0.456 e. The highest BCUT2D eigenvalue weighted by atomic mass is 79.9. The first-order valence-corrected chi connectivity index (χ1v) is 6.91. The Balaban J connectivity index is 2.86. The van der Waals surface area contributed by atoms with Gasteiger partial charge >= 0.3 is 5.97 Å². The monoisotopic (exact) mass is 318 g/mol. The van der Waals surface area contributed by atoms with E-state index in [0.717, 1.165) is 17.3 Å². The Kier molecular flexibility index (Phi) is 5.02. The van der Waals surface area contributed by atoms with Gasteiger partial charge in [-0.15, -0.1) is 0 Å². The zero-order valence-electron chi connectivity index (χ0n) is 10.2. The Labute approximate surface area is 115 Å². The minimum absolute atomic E-state index is 0.343. The number of hydrogen-bond acceptors (Lipinski definition) is 2. The van der Waals surface area contributed by atoms with E-state index in [9.17, 15) is 4.79 Å². The molecule has 94 valence electrons. The summed E-state index contributed by atoms with van der Waals surface area (Å²) in [4.78, 5) is 11.8. The molecular weight excluding hydrogens is 303 g/mol. The minimum atomic E-state index is -0.488. The number of ether oxygens (including phenoxy) is 1. The summed E-state index contributed by atoms with van der Waals surface area (Å²) in [6, 6.07) is 5.27. The Morgan fingerprint density at radius 2 is 2.06 bits per heavy atom. The van der Waals surface area contributed by atoms with Gasteiger partial charge < -0.3 is 4.74 Å². The number of esters is 1. The van der Waals surface area contributed by atoms with Crippen molar-refractivity contribution < 1.29 is 9.53 Å². The van der Waals surface area contributed by atoms with Crippen molar-refractivity contribution in [3.8, 4) is 0 Å². The molecule has 0 unspecified atom stereocenters. The van der Waals surface area contributed by atoms with Crippen LogP contribution < -0.4 is 0 Å². The molecule has 0 N–H and O–H groups in total. The summed E-state index contributed by atoms with van der Waals surface area (Å²) in [5.74, 6) is -0.343. The molecule has 0 aliphatic heterocycles. The average Bonchev–Trinajstić information content (AvgIpc) is 2.18. The van der Waals surface area contributed by atoms with E-state index >= 15 is 0 Å². The Hall–Kier alpha value is -0.540. The maximum absolute atomic E-state index is 11.8. The van der Waals surface area contributed by atoms with Crippen molar-refractivity contribution in [2.45, 2.75) is 32.8 Å². The zero-order valence-corrected chi connectivity index (χ0v) is 12.6. The van der Waals surface area contributed by atoms with Gasteiger partial charge in [-0.05, 0) is 44.9 Å². The lowest BCUT2D eigenvalue weighted by Crippen LogP contribution is -2.23. The molecular formula is C13H16BrClO2. The molecule has 2 nitrogen and oxygen atoms in total. The minimum Gasteiger partial charge on any atom is -0.456 e.